The first-order chi connectivity index (χ1) is 12.2. The Bertz CT molecular complexity index is 845. The van der Waals surface area contributed by atoms with Gasteiger partial charge in [0, 0.05) is 12.1 Å². The van der Waals surface area contributed by atoms with E-state index in [1.807, 2.05) is 49.4 Å². The molecule has 0 fully saturated rings. The molecule has 1 aromatic heterocycles. The number of rotatable bonds is 7. The van der Waals surface area contributed by atoms with Crippen molar-refractivity contribution in [3.63, 3.8) is 0 Å². The van der Waals surface area contributed by atoms with Crippen LogP contribution in [0.4, 0.5) is 0 Å². The van der Waals surface area contributed by atoms with Gasteiger partial charge in [0.15, 0.2) is 11.5 Å². The third-order valence-electron chi connectivity index (χ3n) is 3.79. The van der Waals surface area contributed by atoms with E-state index >= 15 is 0 Å². The quantitative estimate of drug-likeness (QED) is 0.712. The summed E-state index contributed by atoms with van der Waals surface area (Å²) in [6.45, 7) is 3.18. The molecule has 0 aliphatic rings. The largest absolute Gasteiger partial charge is 0.493 e. The van der Waals surface area contributed by atoms with E-state index in [0.29, 0.717) is 36.4 Å². The fourth-order valence-electron chi connectivity index (χ4n) is 2.52. The fourth-order valence-corrected chi connectivity index (χ4v) is 2.52. The average molecular weight is 339 g/mol. The number of hydrogen-bond acceptors (Lipinski definition) is 6. The molecule has 6 heteroatoms. The Morgan fingerprint density at radius 3 is 2.56 bits per heavy atom. The van der Waals surface area contributed by atoms with Crippen molar-refractivity contribution in [3.05, 3.63) is 59.5 Å². The zero-order valence-electron chi connectivity index (χ0n) is 14.6. The lowest BCUT2D eigenvalue weighted by molar-refractivity contribution is 0.354. The van der Waals surface area contributed by atoms with Gasteiger partial charge in [0.25, 0.3) is 0 Å². The zero-order valence-corrected chi connectivity index (χ0v) is 14.6. The smallest absolute Gasteiger partial charge is 0.247 e. The van der Waals surface area contributed by atoms with Gasteiger partial charge in [0.1, 0.15) is 0 Å². The summed E-state index contributed by atoms with van der Waals surface area (Å²) < 4.78 is 16.3. The van der Waals surface area contributed by atoms with Gasteiger partial charge in [-0.2, -0.15) is 0 Å². The van der Waals surface area contributed by atoms with E-state index in [1.54, 1.807) is 14.2 Å². The molecule has 0 aliphatic heterocycles. The van der Waals surface area contributed by atoms with Crippen LogP contribution in [0.15, 0.2) is 46.9 Å². The lowest BCUT2D eigenvalue weighted by Crippen LogP contribution is -2.13. The maximum Gasteiger partial charge on any atom is 0.247 e. The first-order valence-corrected chi connectivity index (χ1v) is 8.00. The topological polar surface area (TPSA) is 69.4 Å². The van der Waals surface area contributed by atoms with E-state index < -0.39 is 0 Å². The Labute approximate surface area is 146 Å². The molecule has 0 amide bonds. The highest BCUT2D eigenvalue weighted by atomic mass is 16.5. The van der Waals surface area contributed by atoms with Gasteiger partial charge >= 0.3 is 0 Å². The summed E-state index contributed by atoms with van der Waals surface area (Å²) in [7, 11) is 3.25. The first kappa shape index (κ1) is 17.0. The van der Waals surface area contributed by atoms with Crippen molar-refractivity contribution in [2.75, 3.05) is 14.2 Å². The summed E-state index contributed by atoms with van der Waals surface area (Å²) >= 11 is 0. The molecule has 2 aromatic carbocycles. The molecular weight excluding hydrogens is 318 g/mol. The fraction of sp³-hybridized carbons (Fsp3) is 0.263. The van der Waals surface area contributed by atoms with Crippen LogP contribution in [0.3, 0.4) is 0 Å². The number of aryl methyl sites for hydroxylation is 1. The molecule has 0 unspecified atom stereocenters. The minimum absolute atomic E-state index is 0.493. The maximum atomic E-state index is 5.71. The van der Waals surface area contributed by atoms with Crippen molar-refractivity contribution in [2.24, 2.45) is 0 Å². The second-order valence-corrected chi connectivity index (χ2v) is 5.66. The van der Waals surface area contributed by atoms with E-state index in [-0.39, 0.29) is 0 Å². The van der Waals surface area contributed by atoms with Gasteiger partial charge in [-0.15, -0.1) is 10.2 Å². The summed E-state index contributed by atoms with van der Waals surface area (Å²) in [5.74, 6) is 2.51. The van der Waals surface area contributed by atoms with Gasteiger partial charge in [-0.05, 0) is 36.8 Å². The highest BCUT2D eigenvalue weighted by molar-refractivity contribution is 5.53. The van der Waals surface area contributed by atoms with Crippen LogP contribution in [-0.2, 0) is 13.1 Å². The van der Waals surface area contributed by atoms with E-state index in [0.717, 1.165) is 16.7 Å². The van der Waals surface area contributed by atoms with Crippen LogP contribution in [0.5, 0.6) is 11.5 Å². The lowest BCUT2D eigenvalue weighted by Gasteiger charge is -2.09. The second kappa shape index (κ2) is 7.81. The van der Waals surface area contributed by atoms with Crippen molar-refractivity contribution >= 4 is 0 Å². The summed E-state index contributed by atoms with van der Waals surface area (Å²) in [6, 6.07) is 13.8. The van der Waals surface area contributed by atoms with E-state index in [1.165, 1.54) is 0 Å². The van der Waals surface area contributed by atoms with Crippen LogP contribution in [-0.4, -0.2) is 24.4 Å². The summed E-state index contributed by atoms with van der Waals surface area (Å²) in [5, 5.41) is 11.5. The number of methoxy groups -OCH3 is 2. The highest BCUT2D eigenvalue weighted by Crippen LogP contribution is 2.27. The van der Waals surface area contributed by atoms with Gasteiger partial charge in [-0.1, -0.05) is 23.8 Å². The first-order valence-electron chi connectivity index (χ1n) is 8.00. The molecule has 25 heavy (non-hydrogen) atoms. The highest BCUT2D eigenvalue weighted by Gasteiger charge is 2.09. The predicted molar refractivity (Wildman–Crippen MR) is 94.6 cm³/mol. The monoisotopic (exact) mass is 339 g/mol. The van der Waals surface area contributed by atoms with Gasteiger partial charge in [-0.3, -0.25) is 0 Å². The van der Waals surface area contributed by atoms with Crippen molar-refractivity contribution < 1.29 is 13.9 Å². The Morgan fingerprint density at radius 1 is 0.960 bits per heavy atom. The van der Waals surface area contributed by atoms with Crippen molar-refractivity contribution in [1.82, 2.24) is 15.5 Å². The van der Waals surface area contributed by atoms with Crippen molar-refractivity contribution in [1.29, 1.82) is 0 Å². The van der Waals surface area contributed by atoms with Gasteiger partial charge in [0.05, 0.1) is 20.8 Å². The van der Waals surface area contributed by atoms with Gasteiger partial charge in [0.2, 0.25) is 11.8 Å². The van der Waals surface area contributed by atoms with E-state index in [9.17, 15) is 0 Å². The summed E-state index contributed by atoms with van der Waals surface area (Å²) in [4.78, 5) is 0. The minimum atomic E-state index is 0.493. The number of ether oxygens (including phenoxy) is 2. The zero-order chi connectivity index (χ0) is 17.6. The molecule has 0 saturated carbocycles. The van der Waals surface area contributed by atoms with E-state index in [4.69, 9.17) is 13.9 Å². The molecule has 0 bridgehead atoms. The Morgan fingerprint density at radius 2 is 1.80 bits per heavy atom. The minimum Gasteiger partial charge on any atom is -0.493 e. The van der Waals surface area contributed by atoms with E-state index in [2.05, 4.69) is 15.5 Å². The van der Waals surface area contributed by atoms with Crippen molar-refractivity contribution in [2.45, 2.75) is 20.0 Å². The van der Waals surface area contributed by atoms with Gasteiger partial charge in [-0.25, -0.2) is 0 Å². The third-order valence-corrected chi connectivity index (χ3v) is 3.79. The number of hydrogen-bond donors (Lipinski definition) is 1. The molecule has 0 spiro atoms. The number of benzene rings is 2. The molecule has 3 rings (SSSR count). The third kappa shape index (κ3) is 4.16. The Kier molecular flexibility index (Phi) is 5.30. The predicted octanol–water partition coefficient (Wildman–Crippen LogP) is 3.35. The van der Waals surface area contributed by atoms with Crippen LogP contribution in [0.2, 0.25) is 0 Å². The number of nitrogens with zero attached hydrogens (tertiary/aromatic N) is 2. The Balaban J connectivity index is 1.60. The normalized spacial score (nSPS) is 10.7. The molecule has 6 nitrogen and oxygen atoms in total. The molecule has 0 aliphatic carbocycles. The summed E-state index contributed by atoms with van der Waals surface area (Å²) in [6.07, 6.45) is 0. The Hall–Kier alpha value is -2.86. The molecule has 0 atom stereocenters. The molecule has 130 valence electrons. The molecular formula is C19H21N3O3. The summed E-state index contributed by atoms with van der Waals surface area (Å²) in [5.41, 5.74) is 3.17. The van der Waals surface area contributed by atoms with Crippen LogP contribution in [0, 0.1) is 6.92 Å². The van der Waals surface area contributed by atoms with Crippen LogP contribution >= 0.6 is 0 Å². The number of aromatic nitrogens is 2. The lowest BCUT2D eigenvalue weighted by atomic mass is 10.1. The molecule has 1 heterocycles. The SMILES string of the molecule is COc1ccc(CNCc2nnc(-c3cccc(C)c3)o2)cc1OC. The standard InChI is InChI=1S/C19H21N3O3/c1-13-5-4-6-15(9-13)19-22-21-18(25-19)12-20-11-14-7-8-16(23-2)17(10-14)24-3/h4-10,20H,11-12H2,1-3H3. The second-order valence-electron chi connectivity index (χ2n) is 5.66. The van der Waals surface area contributed by atoms with Gasteiger partial charge < -0.3 is 19.2 Å². The molecule has 3 aromatic rings. The average Bonchev–Trinajstić information content (AvgIpc) is 3.10. The van der Waals surface area contributed by atoms with Crippen LogP contribution in [0.25, 0.3) is 11.5 Å². The number of nitrogens with one attached hydrogen (secondary N) is 1. The van der Waals surface area contributed by atoms with Crippen LogP contribution < -0.4 is 14.8 Å². The maximum absolute atomic E-state index is 5.71. The molecule has 0 radical (unpaired) electrons. The van der Waals surface area contributed by atoms with Crippen molar-refractivity contribution in [3.8, 4) is 23.0 Å². The molecule has 1 N–H and O–H groups in total. The van der Waals surface area contributed by atoms with Crippen LogP contribution in [0.1, 0.15) is 17.0 Å². The molecule has 0 saturated heterocycles.